The molecular weight excluding hydrogens is 368 g/mol. The smallest absolute Gasteiger partial charge is 0.276 e. The lowest BCUT2D eigenvalue weighted by Crippen LogP contribution is -2.14. The van der Waals surface area contributed by atoms with Crippen molar-refractivity contribution in [1.82, 2.24) is 10.2 Å². The van der Waals surface area contributed by atoms with Gasteiger partial charge in [-0.05, 0) is 61.0 Å². The molecule has 1 aromatic heterocycles. The fraction of sp³-hybridized carbons (Fsp3) is 0.0556. The van der Waals surface area contributed by atoms with E-state index in [2.05, 4.69) is 36.8 Å². The molecule has 0 saturated carbocycles. The fourth-order valence-electron chi connectivity index (χ4n) is 2.12. The summed E-state index contributed by atoms with van der Waals surface area (Å²) in [6.45, 7) is 2.02. The maximum Gasteiger partial charge on any atom is 0.276 e. The molecule has 24 heavy (non-hydrogen) atoms. The Morgan fingerprint density at radius 2 is 1.75 bits per heavy atom. The van der Waals surface area contributed by atoms with Crippen molar-refractivity contribution in [3.05, 3.63) is 76.4 Å². The number of halogens is 1. The van der Waals surface area contributed by atoms with Gasteiger partial charge < -0.3 is 10.6 Å². The number of amides is 1. The van der Waals surface area contributed by atoms with Gasteiger partial charge in [-0.1, -0.05) is 28.1 Å². The van der Waals surface area contributed by atoms with Crippen LogP contribution >= 0.6 is 15.9 Å². The molecule has 1 heterocycles. The van der Waals surface area contributed by atoms with E-state index in [1.54, 1.807) is 12.1 Å². The number of nitrogens with one attached hydrogen (secondary N) is 2. The van der Waals surface area contributed by atoms with Gasteiger partial charge >= 0.3 is 0 Å². The molecule has 0 aliphatic carbocycles. The number of carbonyl (C=O) groups excluding carboxylic acids is 1. The number of hydrogen-bond acceptors (Lipinski definition) is 4. The van der Waals surface area contributed by atoms with Gasteiger partial charge in [0.25, 0.3) is 5.91 Å². The maximum atomic E-state index is 12.2. The van der Waals surface area contributed by atoms with Gasteiger partial charge in [0.15, 0.2) is 11.5 Å². The second-order valence-electron chi connectivity index (χ2n) is 5.26. The van der Waals surface area contributed by atoms with Gasteiger partial charge in [-0.3, -0.25) is 4.79 Å². The molecule has 0 bridgehead atoms. The van der Waals surface area contributed by atoms with Crippen molar-refractivity contribution in [2.45, 2.75) is 6.92 Å². The second-order valence-corrected chi connectivity index (χ2v) is 6.17. The zero-order chi connectivity index (χ0) is 16.9. The molecule has 0 spiro atoms. The number of benzene rings is 2. The summed E-state index contributed by atoms with van der Waals surface area (Å²) in [5, 5.41) is 14.0. The molecule has 0 atom stereocenters. The largest absolute Gasteiger partial charge is 0.339 e. The predicted molar refractivity (Wildman–Crippen MR) is 98.6 cm³/mol. The molecule has 0 aliphatic heterocycles. The lowest BCUT2D eigenvalue weighted by atomic mass is 10.2. The lowest BCUT2D eigenvalue weighted by Gasteiger charge is -2.07. The molecule has 0 radical (unpaired) electrons. The Morgan fingerprint density at radius 1 is 0.958 bits per heavy atom. The van der Waals surface area contributed by atoms with Gasteiger partial charge in [-0.25, -0.2) is 0 Å². The quantitative estimate of drug-likeness (QED) is 0.694. The van der Waals surface area contributed by atoms with Crippen molar-refractivity contribution in [1.29, 1.82) is 0 Å². The van der Waals surface area contributed by atoms with Crippen LogP contribution in [0, 0.1) is 6.92 Å². The van der Waals surface area contributed by atoms with E-state index in [9.17, 15) is 4.79 Å². The number of hydrogen-bond donors (Lipinski definition) is 2. The van der Waals surface area contributed by atoms with Crippen molar-refractivity contribution in [2.24, 2.45) is 0 Å². The van der Waals surface area contributed by atoms with Crippen LogP contribution in [0.3, 0.4) is 0 Å². The first-order chi connectivity index (χ1) is 11.6. The molecule has 3 rings (SSSR count). The average molecular weight is 383 g/mol. The van der Waals surface area contributed by atoms with Gasteiger partial charge in [0.1, 0.15) is 0 Å². The molecule has 0 aliphatic rings. The fourth-order valence-corrected chi connectivity index (χ4v) is 2.38. The number of carbonyl (C=O) groups is 1. The molecule has 120 valence electrons. The first kappa shape index (κ1) is 16.1. The summed E-state index contributed by atoms with van der Waals surface area (Å²) in [4.78, 5) is 12.2. The van der Waals surface area contributed by atoms with Crippen LogP contribution in [0.5, 0.6) is 0 Å². The van der Waals surface area contributed by atoms with Crippen LogP contribution in [0.4, 0.5) is 17.2 Å². The highest BCUT2D eigenvalue weighted by Gasteiger charge is 2.09. The Kier molecular flexibility index (Phi) is 4.86. The molecule has 6 heteroatoms. The standard InChI is InChI=1S/C18H15BrN4O/c1-12-3-2-4-15(11-12)20-17-10-9-16(22-23-17)18(24)21-14-7-5-13(19)6-8-14/h2-11H,1H3,(H,20,23)(H,21,24). The zero-order valence-electron chi connectivity index (χ0n) is 13.0. The first-order valence-electron chi connectivity index (χ1n) is 7.34. The Hall–Kier alpha value is -2.73. The molecule has 5 nitrogen and oxygen atoms in total. The monoisotopic (exact) mass is 382 g/mol. The summed E-state index contributed by atoms with van der Waals surface area (Å²) in [6.07, 6.45) is 0. The van der Waals surface area contributed by atoms with Crippen molar-refractivity contribution in [3.63, 3.8) is 0 Å². The van der Waals surface area contributed by atoms with E-state index in [1.807, 2.05) is 55.5 Å². The minimum atomic E-state index is -0.299. The van der Waals surface area contributed by atoms with Crippen LogP contribution < -0.4 is 10.6 Å². The average Bonchev–Trinajstić information content (AvgIpc) is 2.57. The predicted octanol–water partition coefficient (Wildman–Crippen LogP) is 4.54. The highest BCUT2D eigenvalue weighted by atomic mass is 79.9. The van der Waals surface area contributed by atoms with Crippen molar-refractivity contribution < 1.29 is 4.79 Å². The van der Waals surface area contributed by atoms with Crippen molar-refractivity contribution in [2.75, 3.05) is 10.6 Å². The highest BCUT2D eigenvalue weighted by Crippen LogP contribution is 2.16. The van der Waals surface area contributed by atoms with E-state index in [1.165, 1.54) is 0 Å². The maximum absolute atomic E-state index is 12.2. The summed E-state index contributed by atoms with van der Waals surface area (Å²) in [7, 11) is 0. The zero-order valence-corrected chi connectivity index (χ0v) is 14.5. The summed E-state index contributed by atoms with van der Waals surface area (Å²) >= 11 is 3.35. The van der Waals surface area contributed by atoms with Gasteiger partial charge in [0, 0.05) is 15.8 Å². The third kappa shape index (κ3) is 4.17. The topological polar surface area (TPSA) is 66.9 Å². The Balaban J connectivity index is 1.67. The van der Waals surface area contributed by atoms with Crippen LogP contribution in [-0.2, 0) is 0 Å². The Morgan fingerprint density at radius 3 is 2.42 bits per heavy atom. The van der Waals surface area contributed by atoms with Crippen molar-refractivity contribution >= 4 is 39.0 Å². The molecule has 2 aromatic carbocycles. The molecule has 2 N–H and O–H groups in total. The van der Waals surface area contributed by atoms with Crippen LogP contribution in [0.25, 0.3) is 0 Å². The van der Waals surface area contributed by atoms with Crippen LogP contribution in [0.15, 0.2) is 65.1 Å². The number of rotatable bonds is 4. The summed E-state index contributed by atoms with van der Waals surface area (Å²) < 4.78 is 0.951. The van der Waals surface area contributed by atoms with Crippen LogP contribution in [-0.4, -0.2) is 16.1 Å². The van der Waals surface area contributed by atoms with E-state index in [4.69, 9.17) is 0 Å². The third-order valence-electron chi connectivity index (χ3n) is 3.29. The number of aryl methyl sites for hydroxylation is 1. The van der Waals surface area contributed by atoms with Gasteiger partial charge in [-0.2, -0.15) is 0 Å². The van der Waals surface area contributed by atoms with Crippen LogP contribution in [0.1, 0.15) is 16.1 Å². The minimum Gasteiger partial charge on any atom is -0.339 e. The summed E-state index contributed by atoms with van der Waals surface area (Å²) in [5.41, 5.74) is 3.04. The second kappa shape index (κ2) is 7.23. The molecule has 3 aromatic rings. The van der Waals surface area contributed by atoms with E-state index in [0.29, 0.717) is 11.5 Å². The SMILES string of the molecule is Cc1cccc(Nc2ccc(C(=O)Nc3ccc(Br)cc3)nn2)c1. The molecule has 1 amide bonds. The van der Waals surface area contributed by atoms with E-state index >= 15 is 0 Å². The Labute approximate surface area is 148 Å². The normalized spacial score (nSPS) is 10.2. The number of anilines is 3. The molecule has 0 unspecified atom stereocenters. The van der Waals surface area contributed by atoms with Gasteiger partial charge in [-0.15, -0.1) is 10.2 Å². The number of nitrogens with zero attached hydrogens (tertiary/aromatic N) is 2. The van der Waals surface area contributed by atoms with Crippen LogP contribution in [0.2, 0.25) is 0 Å². The van der Waals surface area contributed by atoms with Gasteiger partial charge in [0.05, 0.1) is 0 Å². The first-order valence-corrected chi connectivity index (χ1v) is 8.14. The van der Waals surface area contributed by atoms with E-state index in [0.717, 1.165) is 15.7 Å². The summed E-state index contributed by atoms with van der Waals surface area (Å²) in [6, 6.07) is 18.6. The summed E-state index contributed by atoms with van der Waals surface area (Å²) in [5.74, 6) is 0.285. The van der Waals surface area contributed by atoms with Gasteiger partial charge in [0.2, 0.25) is 0 Å². The number of aromatic nitrogens is 2. The molecular formula is C18H15BrN4O. The third-order valence-corrected chi connectivity index (χ3v) is 3.82. The molecule has 0 fully saturated rings. The Bertz CT molecular complexity index is 848. The molecule has 0 saturated heterocycles. The highest BCUT2D eigenvalue weighted by molar-refractivity contribution is 9.10. The van der Waals surface area contributed by atoms with E-state index in [-0.39, 0.29) is 11.6 Å². The minimum absolute atomic E-state index is 0.257. The lowest BCUT2D eigenvalue weighted by molar-refractivity contribution is 0.102. The van der Waals surface area contributed by atoms with E-state index < -0.39 is 0 Å². The van der Waals surface area contributed by atoms with Crippen molar-refractivity contribution in [3.8, 4) is 0 Å².